The number of nitriles is 2. The van der Waals surface area contributed by atoms with Crippen LogP contribution >= 0.6 is 0 Å². The summed E-state index contributed by atoms with van der Waals surface area (Å²) >= 11 is 0. The molecule has 9 nitrogen and oxygen atoms in total. The summed E-state index contributed by atoms with van der Waals surface area (Å²) in [5.41, 5.74) is 2.02. The second kappa shape index (κ2) is 9.41. The van der Waals surface area contributed by atoms with Crippen molar-refractivity contribution < 1.29 is 18.3 Å². The van der Waals surface area contributed by atoms with E-state index in [4.69, 9.17) is 14.7 Å². The molecule has 3 saturated carbocycles. The van der Waals surface area contributed by atoms with Crippen LogP contribution in [0.5, 0.6) is 11.6 Å². The van der Waals surface area contributed by atoms with Crippen molar-refractivity contribution in [2.24, 2.45) is 11.3 Å². The van der Waals surface area contributed by atoms with E-state index in [1.165, 1.54) is 13.2 Å². The van der Waals surface area contributed by atoms with Crippen LogP contribution in [0.3, 0.4) is 0 Å². The van der Waals surface area contributed by atoms with Gasteiger partial charge in [0.25, 0.3) is 5.88 Å². The molecule has 190 valence electrons. The minimum Gasteiger partial charge on any atom is -0.436 e. The average molecular weight is 506 g/mol. The highest BCUT2D eigenvalue weighted by Gasteiger charge is 2.56. The summed E-state index contributed by atoms with van der Waals surface area (Å²) in [5, 5.41) is 21.6. The van der Waals surface area contributed by atoms with Crippen LogP contribution in [0.2, 0.25) is 0 Å². The lowest BCUT2D eigenvalue weighted by Gasteiger charge is -2.31. The van der Waals surface area contributed by atoms with Crippen molar-refractivity contribution in [3.05, 3.63) is 40.7 Å². The number of allylic oxidation sites excluding steroid dienone is 1. The molecule has 1 atom stereocenters. The number of aryl methyl sites for hydroxylation is 2. The normalized spacial score (nSPS) is 22.3. The number of ether oxygens (including phenoxy) is 2. The molecule has 1 aromatic carbocycles. The SMILES string of the molecule is COCc1nc2nc(NC3CC4(C#N)CC3C4)nc(Oc3c(C)cc(/C=C/C#N)cc3C)c2n1C(F)F. The number of hydrogen-bond donors (Lipinski definition) is 1. The van der Waals surface area contributed by atoms with Gasteiger partial charge in [-0.3, -0.25) is 4.57 Å². The van der Waals surface area contributed by atoms with E-state index in [0.717, 1.165) is 34.1 Å². The Hall–Kier alpha value is -4.09. The molecule has 1 unspecified atom stereocenters. The second-order valence-corrected chi connectivity index (χ2v) is 9.70. The fourth-order valence-electron chi connectivity index (χ4n) is 5.52. The lowest BCUT2D eigenvalue weighted by Crippen LogP contribution is -2.29. The predicted molar refractivity (Wildman–Crippen MR) is 131 cm³/mol. The molecule has 3 aliphatic carbocycles. The zero-order valence-corrected chi connectivity index (χ0v) is 20.6. The molecule has 3 aromatic rings. The summed E-state index contributed by atoms with van der Waals surface area (Å²) in [7, 11) is 1.40. The number of halogens is 2. The van der Waals surface area contributed by atoms with E-state index < -0.39 is 6.55 Å². The van der Waals surface area contributed by atoms with Gasteiger partial charge < -0.3 is 14.8 Å². The molecule has 2 heterocycles. The van der Waals surface area contributed by atoms with Crippen LogP contribution in [0.15, 0.2) is 18.2 Å². The Balaban J connectivity index is 1.59. The summed E-state index contributed by atoms with van der Waals surface area (Å²) in [6, 6.07) is 8.06. The summed E-state index contributed by atoms with van der Waals surface area (Å²) in [6.45, 7) is 0.601. The van der Waals surface area contributed by atoms with Crippen LogP contribution in [-0.2, 0) is 11.3 Å². The van der Waals surface area contributed by atoms with Crippen molar-refractivity contribution in [3.8, 4) is 23.8 Å². The molecule has 0 saturated heterocycles. The van der Waals surface area contributed by atoms with Crippen molar-refractivity contribution in [1.82, 2.24) is 19.5 Å². The maximum Gasteiger partial charge on any atom is 0.320 e. The number of alkyl halides is 2. The van der Waals surface area contributed by atoms with Crippen LogP contribution in [0.25, 0.3) is 17.2 Å². The molecule has 11 heteroatoms. The molecule has 2 aromatic heterocycles. The van der Waals surface area contributed by atoms with Crippen LogP contribution in [0, 0.1) is 47.8 Å². The fourth-order valence-corrected chi connectivity index (χ4v) is 5.52. The third-order valence-electron chi connectivity index (χ3n) is 7.13. The third kappa shape index (κ3) is 4.36. The first-order valence-electron chi connectivity index (χ1n) is 11.9. The summed E-state index contributed by atoms with van der Waals surface area (Å²) in [6.07, 6.45) is 5.40. The predicted octanol–water partition coefficient (Wildman–Crippen LogP) is 5.42. The van der Waals surface area contributed by atoms with Gasteiger partial charge >= 0.3 is 6.55 Å². The van der Waals surface area contributed by atoms with Crippen molar-refractivity contribution in [2.45, 2.75) is 52.3 Å². The Morgan fingerprint density at radius 1 is 1.19 bits per heavy atom. The van der Waals surface area contributed by atoms with Gasteiger partial charge in [0.05, 0.1) is 17.6 Å². The van der Waals surface area contributed by atoms with E-state index in [0.29, 0.717) is 18.1 Å². The molecule has 3 aliphatic rings. The number of fused-ring (bicyclic) bond motifs is 2. The quantitative estimate of drug-likeness (QED) is 0.403. The molecular formula is C26H25F2N7O2. The highest BCUT2D eigenvalue weighted by molar-refractivity contribution is 5.79. The van der Waals surface area contributed by atoms with Gasteiger partial charge in [-0.15, -0.1) is 0 Å². The van der Waals surface area contributed by atoms with Crippen LogP contribution < -0.4 is 10.1 Å². The number of aromatic nitrogens is 4. The average Bonchev–Trinajstić information content (AvgIpc) is 3.48. The van der Waals surface area contributed by atoms with Crippen molar-refractivity contribution in [3.63, 3.8) is 0 Å². The molecule has 0 radical (unpaired) electrons. The van der Waals surface area contributed by atoms with E-state index in [1.807, 2.05) is 32.0 Å². The monoisotopic (exact) mass is 505 g/mol. The number of methoxy groups -OCH3 is 1. The highest BCUT2D eigenvalue weighted by Crippen LogP contribution is 2.58. The standard InChI is InChI=1S/C26H25F2N7O2/c1-14-7-16(5-4-6-29)8-15(2)21(14)37-23-20-22(32-19(12-36-3)35(20)24(27)28)33-25(34-23)31-18-11-26(13-30)9-17(18)10-26/h4-5,7-8,17-18,24H,9-12H2,1-3H3,(H,31,33,34)/b5-4+. The van der Waals surface area contributed by atoms with Gasteiger partial charge in [0, 0.05) is 19.2 Å². The molecule has 3 fully saturated rings. The van der Waals surface area contributed by atoms with Crippen molar-refractivity contribution in [1.29, 1.82) is 10.5 Å². The topological polar surface area (TPSA) is 122 Å². The smallest absolute Gasteiger partial charge is 0.320 e. The van der Waals surface area contributed by atoms with E-state index >= 15 is 0 Å². The van der Waals surface area contributed by atoms with E-state index in [9.17, 15) is 14.0 Å². The Bertz CT molecular complexity index is 1460. The highest BCUT2D eigenvalue weighted by atomic mass is 19.3. The number of imidazole rings is 1. The first-order valence-corrected chi connectivity index (χ1v) is 11.9. The van der Waals surface area contributed by atoms with Gasteiger partial charge in [-0.1, -0.05) is 0 Å². The Labute approximate surface area is 212 Å². The number of rotatable bonds is 8. The van der Waals surface area contributed by atoms with E-state index in [1.54, 1.807) is 6.08 Å². The maximum atomic E-state index is 14.2. The summed E-state index contributed by atoms with van der Waals surface area (Å²) < 4.78 is 40.4. The van der Waals surface area contributed by atoms with Gasteiger partial charge in [-0.2, -0.15) is 29.3 Å². The number of hydrogen-bond acceptors (Lipinski definition) is 8. The van der Waals surface area contributed by atoms with Crippen LogP contribution in [0.1, 0.15) is 48.3 Å². The van der Waals surface area contributed by atoms with E-state index in [2.05, 4.69) is 26.3 Å². The van der Waals surface area contributed by atoms with Gasteiger partial charge in [0.1, 0.15) is 18.2 Å². The number of benzene rings is 1. The van der Waals surface area contributed by atoms with Crippen molar-refractivity contribution in [2.75, 3.05) is 12.4 Å². The van der Waals surface area contributed by atoms with Gasteiger partial charge in [-0.25, -0.2) is 4.98 Å². The van der Waals surface area contributed by atoms with Gasteiger partial charge in [-0.05, 0) is 73.9 Å². The van der Waals surface area contributed by atoms with Crippen LogP contribution in [-0.4, -0.2) is 32.7 Å². The Morgan fingerprint density at radius 2 is 1.92 bits per heavy atom. The minimum atomic E-state index is -2.92. The van der Waals surface area contributed by atoms with Gasteiger partial charge in [0.15, 0.2) is 11.2 Å². The second-order valence-electron chi connectivity index (χ2n) is 9.70. The molecular weight excluding hydrogens is 480 g/mol. The largest absolute Gasteiger partial charge is 0.436 e. The fraction of sp³-hybridized carbons (Fsp3) is 0.423. The first kappa shape index (κ1) is 24.6. The zero-order chi connectivity index (χ0) is 26.3. The Morgan fingerprint density at radius 3 is 2.51 bits per heavy atom. The first-order chi connectivity index (χ1) is 17.8. The minimum absolute atomic E-state index is 0.000731. The summed E-state index contributed by atoms with van der Waals surface area (Å²) in [4.78, 5) is 13.3. The molecule has 0 amide bonds. The molecule has 2 bridgehead atoms. The number of nitrogens with one attached hydrogen (secondary N) is 1. The molecule has 0 spiro atoms. The molecule has 37 heavy (non-hydrogen) atoms. The van der Waals surface area contributed by atoms with Gasteiger partial charge in [0.2, 0.25) is 5.95 Å². The number of anilines is 1. The molecule has 6 rings (SSSR count). The lowest BCUT2D eigenvalue weighted by atomic mass is 9.71. The van der Waals surface area contributed by atoms with Crippen LogP contribution in [0.4, 0.5) is 14.7 Å². The lowest BCUT2D eigenvalue weighted by molar-refractivity contribution is 0.0627. The number of nitrogens with zero attached hydrogens (tertiary/aromatic N) is 6. The zero-order valence-electron chi connectivity index (χ0n) is 20.6. The van der Waals surface area contributed by atoms with Crippen molar-refractivity contribution >= 4 is 23.2 Å². The Kier molecular flexibility index (Phi) is 6.26. The van der Waals surface area contributed by atoms with E-state index in [-0.39, 0.29) is 46.9 Å². The summed E-state index contributed by atoms with van der Waals surface area (Å²) in [5.74, 6) is 0.946. The third-order valence-corrected chi connectivity index (χ3v) is 7.13. The molecule has 0 aliphatic heterocycles. The molecule has 1 N–H and O–H groups in total. The maximum absolute atomic E-state index is 14.2.